The van der Waals surface area contributed by atoms with Gasteiger partial charge in [-0.15, -0.1) is 11.3 Å². The van der Waals surface area contributed by atoms with Crippen molar-refractivity contribution in [1.82, 2.24) is 4.98 Å². The van der Waals surface area contributed by atoms with Crippen LogP contribution in [0.1, 0.15) is 39.6 Å². The number of amides is 1. The monoisotopic (exact) mass is 412 g/mol. The number of anilines is 1. The molecular formula is C22H21FN2O3S. The van der Waals surface area contributed by atoms with Crippen molar-refractivity contribution in [3.8, 4) is 10.6 Å². The van der Waals surface area contributed by atoms with Crippen LogP contribution in [0.2, 0.25) is 0 Å². The van der Waals surface area contributed by atoms with E-state index < -0.39 is 0 Å². The van der Waals surface area contributed by atoms with Crippen LogP contribution in [0.5, 0.6) is 0 Å². The highest BCUT2D eigenvalue weighted by molar-refractivity contribution is 7.17. The molecule has 1 aromatic heterocycles. The third kappa shape index (κ3) is 5.26. The minimum Gasteiger partial charge on any atom is -0.462 e. The number of aromatic nitrogens is 1. The van der Waals surface area contributed by atoms with Gasteiger partial charge in [-0.05, 0) is 61.4 Å². The Morgan fingerprint density at radius 1 is 1.10 bits per heavy atom. The Labute approximate surface area is 172 Å². The van der Waals surface area contributed by atoms with Crippen molar-refractivity contribution in [3.05, 3.63) is 70.5 Å². The lowest BCUT2D eigenvalue weighted by Crippen LogP contribution is -2.12. The first-order valence-corrected chi connectivity index (χ1v) is 9.97. The van der Waals surface area contributed by atoms with Crippen LogP contribution in [-0.4, -0.2) is 23.5 Å². The Morgan fingerprint density at radius 3 is 2.38 bits per heavy atom. The van der Waals surface area contributed by atoms with Crippen molar-refractivity contribution < 1.29 is 18.7 Å². The van der Waals surface area contributed by atoms with E-state index in [0.717, 1.165) is 5.56 Å². The molecule has 3 aromatic rings. The first-order chi connectivity index (χ1) is 13.8. The molecule has 2 aromatic carbocycles. The second-order valence-corrected chi connectivity index (χ2v) is 7.96. The standard InChI is InChI=1S/C22H21FN2O3S/c1-13(2)12-28-22(27)16-6-10-18(11-7-16)25-20(26)19-14(3)24-21(29-19)15-4-8-17(23)9-5-15/h4-11,13H,12H2,1-3H3,(H,25,26). The smallest absolute Gasteiger partial charge is 0.338 e. The third-order valence-corrected chi connectivity index (χ3v) is 5.23. The summed E-state index contributed by atoms with van der Waals surface area (Å²) in [5, 5.41) is 3.46. The summed E-state index contributed by atoms with van der Waals surface area (Å²) in [4.78, 5) is 29.5. The summed E-state index contributed by atoms with van der Waals surface area (Å²) in [6.45, 7) is 6.05. The third-order valence-electron chi connectivity index (χ3n) is 4.02. The maximum atomic E-state index is 13.1. The fourth-order valence-electron chi connectivity index (χ4n) is 2.53. The average molecular weight is 412 g/mol. The van der Waals surface area contributed by atoms with Crippen LogP contribution in [0.4, 0.5) is 10.1 Å². The van der Waals surface area contributed by atoms with Crippen molar-refractivity contribution >= 4 is 28.9 Å². The van der Waals surface area contributed by atoms with Gasteiger partial charge >= 0.3 is 5.97 Å². The fraction of sp³-hybridized carbons (Fsp3) is 0.227. The number of hydrogen-bond donors (Lipinski definition) is 1. The maximum Gasteiger partial charge on any atom is 0.338 e. The molecule has 1 heterocycles. The van der Waals surface area contributed by atoms with Crippen LogP contribution in [-0.2, 0) is 4.74 Å². The van der Waals surface area contributed by atoms with E-state index in [-0.39, 0.29) is 23.6 Å². The number of esters is 1. The van der Waals surface area contributed by atoms with Crippen LogP contribution in [0.25, 0.3) is 10.6 Å². The molecule has 0 aliphatic carbocycles. The molecule has 0 aliphatic heterocycles. The number of ether oxygens (including phenoxy) is 1. The molecule has 0 bridgehead atoms. The van der Waals surface area contributed by atoms with Gasteiger partial charge < -0.3 is 10.1 Å². The average Bonchev–Trinajstić information content (AvgIpc) is 3.09. The highest BCUT2D eigenvalue weighted by Crippen LogP contribution is 2.28. The lowest BCUT2D eigenvalue weighted by molar-refractivity contribution is 0.0459. The Morgan fingerprint density at radius 2 is 1.76 bits per heavy atom. The van der Waals surface area contributed by atoms with E-state index in [9.17, 15) is 14.0 Å². The van der Waals surface area contributed by atoms with Crippen LogP contribution < -0.4 is 5.32 Å². The molecule has 0 aliphatic rings. The van der Waals surface area contributed by atoms with E-state index in [1.165, 1.54) is 23.5 Å². The molecule has 0 unspecified atom stereocenters. The van der Waals surface area contributed by atoms with Gasteiger partial charge in [-0.2, -0.15) is 0 Å². The van der Waals surface area contributed by atoms with Crippen LogP contribution >= 0.6 is 11.3 Å². The maximum absolute atomic E-state index is 13.1. The molecule has 5 nitrogen and oxygen atoms in total. The van der Waals surface area contributed by atoms with E-state index in [4.69, 9.17) is 4.74 Å². The number of halogens is 1. The number of rotatable bonds is 6. The Bertz CT molecular complexity index is 1010. The highest BCUT2D eigenvalue weighted by Gasteiger charge is 2.17. The quantitative estimate of drug-likeness (QED) is 0.556. The summed E-state index contributed by atoms with van der Waals surface area (Å²) in [6, 6.07) is 12.5. The zero-order valence-electron chi connectivity index (χ0n) is 16.4. The van der Waals surface area contributed by atoms with Crippen LogP contribution in [0.3, 0.4) is 0 Å². The van der Waals surface area contributed by atoms with Crippen molar-refractivity contribution in [3.63, 3.8) is 0 Å². The predicted octanol–water partition coefficient (Wildman–Crippen LogP) is 5.32. The lowest BCUT2D eigenvalue weighted by atomic mass is 10.2. The number of nitrogens with zero attached hydrogens (tertiary/aromatic N) is 1. The lowest BCUT2D eigenvalue weighted by Gasteiger charge is -2.08. The summed E-state index contributed by atoms with van der Waals surface area (Å²) in [5.74, 6) is -0.737. The molecule has 0 saturated carbocycles. The predicted molar refractivity (Wildman–Crippen MR) is 112 cm³/mol. The second-order valence-electron chi connectivity index (χ2n) is 6.96. The van der Waals surface area contributed by atoms with Crippen LogP contribution in [0, 0.1) is 18.7 Å². The van der Waals surface area contributed by atoms with E-state index >= 15 is 0 Å². The van der Waals surface area contributed by atoms with Gasteiger partial charge in [0.25, 0.3) is 5.91 Å². The van der Waals surface area contributed by atoms with Gasteiger partial charge in [0.05, 0.1) is 17.9 Å². The Kier molecular flexibility index (Phi) is 6.39. The summed E-state index contributed by atoms with van der Waals surface area (Å²) in [5.41, 5.74) is 2.34. The number of thiazole rings is 1. The molecule has 0 atom stereocenters. The number of aryl methyl sites for hydroxylation is 1. The molecule has 0 saturated heterocycles. The fourth-order valence-corrected chi connectivity index (χ4v) is 3.49. The van der Waals surface area contributed by atoms with Gasteiger partial charge in [0.2, 0.25) is 0 Å². The van der Waals surface area contributed by atoms with Crippen molar-refractivity contribution in [1.29, 1.82) is 0 Å². The molecule has 0 fully saturated rings. The molecule has 3 rings (SSSR count). The zero-order chi connectivity index (χ0) is 21.0. The van der Waals surface area contributed by atoms with Crippen molar-refractivity contribution in [2.24, 2.45) is 5.92 Å². The number of benzene rings is 2. The largest absolute Gasteiger partial charge is 0.462 e. The summed E-state index contributed by atoms with van der Waals surface area (Å²) in [6.07, 6.45) is 0. The normalized spacial score (nSPS) is 10.8. The Hall–Kier alpha value is -3.06. The minimum atomic E-state index is -0.390. The molecular weight excluding hydrogens is 391 g/mol. The number of carbonyl (C=O) groups excluding carboxylic acids is 2. The van der Waals surface area contributed by atoms with Gasteiger partial charge in [0.15, 0.2) is 0 Å². The van der Waals surface area contributed by atoms with Crippen LogP contribution in [0.15, 0.2) is 48.5 Å². The number of hydrogen-bond acceptors (Lipinski definition) is 5. The molecule has 0 radical (unpaired) electrons. The second kappa shape index (κ2) is 8.96. The van der Waals surface area contributed by atoms with E-state index in [2.05, 4.69) is 10.3 Å². The van der Waals surface area contributed by atoms with E-state index in [1.54, 1.807) is 43.3 Å². The molecule has 7 heteroatoms. The topological polar surface area (TPSA) is 68.3 Å². The first kappa shape index (κ1) is 20.7. The first-order valence-electron chi connectivity index (χ1n) is 9.15. The molecule has 1 N–H and O–H groups in total. The van der Waals surface area contributed by atoms with Gasteiger partial charge in [0.1, 0.15) is 15.7 Å². The minimum absolute atomic E-state index is 0.264. The van der Waals surface area contributed by atoms with E-state index in [1.807, 2.05) is 13.8 Å². The van der Waals surface area contributed by atoms with E-state index in [0.29, 0.717) is 33.4 Å². The zero-order valence-corrected chi connectivity index (χ0v) is 17.2. The number of carbonyl (C=O) groups is 2. The van der Waals surface area contributed by atoms with Gasteiger partial charge in [-0.25, -0.2) is 14.2 Å². The molecule has 150 valence electrons. The summed E-state index contributed by atoms with van der Waals surface area (Å²) in [7, 11) is 0. The van der Waals surface area contributed by atoms with Gasteiger partial charge in [0, 0.05) is 11.3 Å². The summed E-state index contributed by atoms with van der Waals surface area (Å²) >= 11 is 1.24. The molecule has 1 amide bonds. The van der Waals surface area contributed by atoms with Gasteiger partial charge in [-0.1, -0.05) is 13.8 Å². The van der Waals surface area contributed by atoms with Crippen molar-refractivity contribution in [2.75, 3.05) is 11.9 Å². The summed E-state index contributed by atoms with van der Waals surface area (Å²) < 4.78 is 18.3. The molecule has 29 heavy (non-hydrogen) atoms. The SMILES string of the molecule is Cc1nc(-c2ccc(F)cc2)sc1C(=O)Nc1ccc(C(=O)OCC(C)C)cc1. The highest BCUT2D eigenvalue weighted by atomic mass is 32.1. The number of nitrogens with one attached hydrogen (secondary N) is 1. The van der Waals surface area contributed by atoms with Gasteiger partial charge in [-0.3, -0.25) is 4.79 Å². The molecule has 0 spiro atoms. The Balaban J connectivity index is 1.69. The van der Waals surface area contributed by atoms with Crippen molar-refractivity contribution in [2.45, 2.75) is 20.8 Å².